The zero-order chi connectivity index (χ0) is 24.0. The van der Waals surface area contributed by atoms with Gasteiger partial charge in [0.05, 0.1) is 10.6 Å². The summed E-state index contributed by atoms with van der Waals surface area (Å²) in [6, 6.07) is 20.2. The summed E-state index contributed by atoms with van der Waals surface area (Å²) in [5.74, 6) is 0.151. The number of anilines is 2. The number of sulfonamides is 1. The van der Waals surface area contributed by atoms with E-state index in [9.17, 15) is 17.6 Å². The molecular formula is C24H21FN4O4S. The maximum Gasteiger partial charge on any atom is 0.261 e. The van der Waals surface area contributed by atoms with E-state index in [1.54, 1.807) is 54.6 Å². The molecule has 0 aliphatic rings. The smallest absolute Gasteiger partial charge is 0.261 e. The lowest BCUT2D eigenvalue weighted by Gasteiger charge is -2.10. The lowest BCUT2D eigenvalue weighted by molar-refractivity contribution is -0.116. The molecule has 2 N–H and O–H groups in total. The van der Waals surface area contributed by atoms with Crippen molar-refractivity contribution in [3.05, 3.63) is 90.6 Å². The van der Waals surface area contributed by atoms with E-state index in [-0.39, 0.29) is 23.0 Å². The second-order valence-electron chi connectivity index (χ2n) is 7.42. The molecule has 1 amide bonds. The first kappa shape index (κ1) is 23.1. The van der Waals surface area contributed by atoms with Gasteiger partial charge in [0.1, 0.15) is 5.82 Å². The lowest BCUT2D eigenvalue weighted by Crippen LogP contribution is -2.14. The average Bonchev–Trinajstić information content (AvgIpc) is 3.29. The Morgan fingerprint density at radius 2 is 1.68 bits per heavy atom. The molecule has 174 valence electrons. The Hall–Kier alpha value is -4.05. The Morgan fingerprint density at radius 3 is 2.44 bits per heavy atom. The summed E-state index contributed by atoms with van der Waals surface area (Å²) in [6.45, 7) is 0. The van der Waals surface area contributed by atoms with Gasteiger partial charge in [0.15, 0.2) is 0 Å². The zero-order valence-electron chi connectivity index (χ0n) is 17.9. The van der Waals surface area contributed by atoms with Crippen molar-refractivity contribution in [2.24, 2.45) is 0 Å². The maximum absolute atomic E-state index is 13.0. The molecule has 0 unspecified atom stereocenters. The van der Waals surface area contributed by atoms with Crippen LogP contribution in [0.15, 0.2) is 88.3 Å². The molecule has 0 bridgehead atoms. The summed E-state index contributed by atoms with van der Waals surface area (Å²) < 4.78 is 45.7. The number of aryl methyl sites for hydroxylation is 1. The van der Waals surface area contributed by atoms with E-state index >= 15 is 0 Å². The molecule has 3 aromatic carbocycles. The van der Waals surface area contributed by atoms with Gasteiger partial charge in [-0.15, -0.1) is 0 Å². The van der Waals surface area contributed by atoms with E-state index in [0.29, 0.717) is 41.5 Å². The van der Waals surface area contributed by atoms with Gasteiger partial charge < -0.3 is 9.84 Å². The lowest BCUT2D eigenvalue weighted by atomic mass is 10.2. The summed E-state index contributed by atoms with van der Waals surface area (Å²) in [5.41, 5.74) is 1.44. The predicted molar refractivity (Wildman–Crippen MR) is 125 cm³/mol. The first-order valence-corrected chi connectivity index (χ1v) is 11.9. The standard InChI is InChI=1S/C24H21FN4O4S/c25-18-14-12-17(13-15-18)24-27-23(33-28-24)11-5-10-22(30)26-19-6-4-7-20(16-19)29-34(31,32)21-8-2-1-3-9-21/h1-4,6-9,12-16,29H,5,10-11H2,(H,26,30). The van der Waals surface area contributed by atoms with Gasteiger partial charge in [0, 0.05) is 24.1 Å². The molecule has 4 rings (SSSR count). The first-order chi connectivity index (χ1) is 16.4. The monoisotopic (exact) mass is 480 g/mol. The fraction of sp³-hybridized carbons (Fsp3) is 0.125. The van der Waals surface area contributed by atoms with Gasteiger partial charge in [-0.1, -0.05) is 29.4 Å². The van der Waals surface area contributed by atoms with Crippen LogP contribution in [0.3, 0.4) is 0 Å². The van der Waals surface area contributed by atoms with E-state index in [0.717, 1.165) is 0 Å². The SMILES string of the molecule is O=C(CCCc1nc(-c2ccc(F)cc2)no1)Nc1cccc(NS(=O)(=O)c2ccccc2)c1. The molecular weight excluding hydrogens is 459 g/mol. The molecule has 1 aromatic heterocycles. The molecule has 0 saturated carbocycles. The van der Waals surface area contributed by atoms with Crippen LogP contribution in [0.2, 0.25) is 0 Å². The number of nitrogens with zero attached hydrogens (tertiary/aromatic N) is 2. The Bertz CT molecular complexity index is 1370. The van der Waals surface area contributed by atoms with Crippen LogP contribution < -0.4 is 10.0 Å². The van der Waals surface area contributed by atoms with Crippen LogP contribution >= 0.6 is 0 Å². The van der Waals surface area contributed by atoms with Crippen LogP contribution in [0.1, 0.15) is 18.7 Å². The highest BCUT2D eigenvalue weighted by Gasteiger charge is 2.14. The third-order valence-electron chi connectivity index (χ3n) is 4.82. The number of carbonyl (C=O) groups excluding carboxylic acids is 1. The third-order valence-corrected chi connectivity index (χ3v) is 6.21. The van der Waals surface area contributed by atoms with Crippen molar-refractivity contribution in [1.82, 2.24) is 10.1 Å². The Morgan fingerprint density at radius 1 is 0.941 bits per heavy atom. The van der Waals surface area contributed by atoms with Crippen LogP contribution in [0.25, 0.3) is 11.4 Å². The van der Waals surface area contributed by atoms with E-state index in [1.807, 2.05) is 0 Å². The van der Waals surface area contributed by atoms with Crippen molar-refractivity contribution in [3.8, 4) is 11.4 Å². The van der Waals surface area contributed by atoms with Crippen LogP contribution in [-0.4, -0.2) is 24.5 Å². The molecule has 34 heavy (non-hydrogen) atoms. The number of aromatic nitrogens is 2. The molecule has 0 fully saturated rings. The minimum Gasteiger partial charge on any atom is -0.339 e. The summed E-state index contributed by atoms with van der Waals surface area (Å²) in [4.78, 5) is 16.7. The molecule has 1 heterocycles. The molecule has 0 atom stereocenters. The molecule has 4 aromatic rings. The van der Waals surface area contributed by atoms with E-state index in [2.05, 4.69) is 20.2 Å². The van der Waals surface area contributed by atoms with Gasteiger partial charge in [-0.25, -0.2) is 12.8 Å². The fourth-order valence-corrected chi connectivity index (χ4v) is 4.24. The largest absolute Gasteiger partial charge is 0.339 e. The molecule has 0 spiro atoms. The summed E-state index contributed by atoms with van der Waals surface area (Å²) >= 11 is 0. The second kappa shape index (κ2) is 10.3. The van der Waals surface area contributed by atoms with Crippen molar-refractivity contribution in [2.75, 3.05) is 10.0 Å². The molecule has 0 radical (unpaired) electrons. The minimum absolute atomic E-state index is 0.146. The Balaban J connectivity index is 1.29. The zero-order valence-corrected chi connectivity index (χ0v) is 18.8. The molecule has 0 aliphatic heterocycles. The molecule has 10 heteroatoms. The van der Waals surface area contributed by atoms with E-state index < -0.39 is 10.0 Å². The second-order valence-corrected chi connectivity index (χ2v) is 9.10. The van der Waals surface area contributed by atoms with Crippen LogP contribution in [0.5, 0.6) is 0 Å². The van der Waals surface area contributed by atoms with Crippen molar-refractivity contribution in [2.45, 2.75) is 24.2 Å². The summed E-state index contributed by atoms with van der Waals surface area (Å²) in [7, 11) is -3.73. The predicted octanol–water partition coefficient (Wildman–Crippen LogP) is 4.64. The highest BCUT2D eigenvalue weighted by atomic mass is 32.2. The van der Waals surface area contributed by atoms with Gasteiger partial charge in [0.25, 0.3) is 10.0 Å². The number of nitrogens with one attached hydrogen (secondary N) is 2. The van der Waals surface area contributed by atoms with Crippen LogP contribution in [-0.2, 0) is 21.2 Å². The van der Waals surface area contributed by atoms with E-state index in [4.69, 9.17) is 4.52 Å². The van der Waals surface area contributed by atoms with Crippen molar-refractivity contribution in [1.29, 1.82) is 0 Å². The van der Waals surface area contributed by atoms with Gasteiger partial charge in [-0.2, -0.15) is 4.98 Å². The number of halogens is 1. The van der Waals surface area contributed by atoms with Crippen LogP contribution in [0.4, 0.5) is 15.8 Å². The first-order valence-electron chi connectivity index (χ1n) is 10.5. The molecule has 8 nitrogen and oxygen atoms in total. The van der Waals surface area contributed by atoms with Crippen molar-refractivity contribution < 1.29 is 22.1 Å². The number of amides is 1. The molecule has 0 aliphatic carbocycles. The fourth-order valence-electron chi connectivity index (χ4n) is 3.17. The number of benzene rings is 3. The normalized spacial score (nSPS) is 11.2. The van der Waals surface area contributed by atoms with Gasteiger partial charge >= 0.3 is 0 Å². The Kier molecular flexibility index (Phi) is 6.98. The number of rotatable bonds is 9. The maximum atomic E-state index is 13.0. The third kappa shape index (κ3) is 6.04. The highest BCUT2D eigenvalue weighted by Crippen LogP contribution is 2.20. The van der Waals surface area contributed by atoms with Crippen molar-refractivity contribution >= 4 is 27.3 Å². The number of hydrogen-bond donors (Lipinski definition) is 2. The average molecular weight is 481 g/mol. The number of carbonyl (C=O) groups is 1. The van der Waals surface area contributed by atoms with E-state index in [1.165, 1.54) is 24.3 Å². The minimum atomic E-state index is -3.73. The van der Waals surface area contributed by atoms with Gasteiger partial charge in [0.2, 0.25) is 17.6 Å². The van der Waals surface area contributed by atoms with Crippen LogP contribution in [0, 0.1) is 5.82 Å². The highest BCUT2D eigenvalue weighted by molar-refractivity contribution is 7.92. The van der Waals surface area contributed by atoms with Gasteiger partial charge in [-0.3, -0.25) is 9.52 Å². The summed E-state index contributed by atoms with van der Waals surface area (Å²) in [5, 5.41) is 6.63. The quantitative estimate of drug-likeness (QED) is 0.361. The summed E-state index contributed by atoms with van der Waals surface area (Å²) in [6.07, 6.45) is 1.07. The Labute approximate surface area is 195 Å². The van der Waals surface area contributed by atoms with Crippen molar-refractivity contribution in [3.63, 3.8) is 0 Å². The number of hydrogen-bond acceptors (Lipinski definition) is 6. The topological polar surface area (TPSA) is 114 Å². The molecule has 0 saturated heterocycles. The van der Waals surface area contributed by atoms with Gasteiger partial charge in [-0.05, 0) is 61.0 Å².